The van der Waals surface area contributed by atoms with Crippen LogP contribution in [0.2, 0.25) is 0 Å². The molecule has 0 aliphatic carbocycles. The van der Waals surface area contributed by atoms with Gasteiger partial charge < -0.3 is 10.1 Å². The number of benzene rings is 1. The predicted molar refractivity (Wildman–Crippen MR) is 90.8 cm³/mol. The number of nitrogens with one attached hydrogen (secondary N) is 2. The third-order valence-corrected chi connectivity index (χ3v) is 3.43. The maximum absolute atomic E-state index is 12.7. The fraction of sp³-hybridized carbons (Fsp3) is 0.235. The Labute approximate surface area is 151 Å². The molecule has 2 heterocycles. The number of H-pyrrole nitrogens is 1. The maximum Gasteiger partial charge on any atom is 0.439 e. The molecular weight excluding hydrogens is 365 g/mol. The van der Waals surface area contributed by atoms with Crippen LogP contribution in [-0.4, -0.2) is 21.2 Å². The van der Waals surface area contributed by atoms with Gasteiger partial charge in [0, 0.05) is 11.9 Å². The molecule has 0 saturated heterocycles. The van der Waals surface area contributed by atoms with E-state index in [0.717, 1.165) is 12.1 Å². The number of hydrogen-bond acceptors (Lipinski definition) is 6. The minimum absolute atomic E-state index is 0.0816. The third kappa shape index (κ3) is 4.27. The molecule has 142 valence electrons. The fourth-order valence-corrected chi connectivity index (χ4v) is 2.34. The molecule has 3 rings (SSSR count). The largest absolute Gasteiger partial charge is 0.490 e. The Hall–Kier alpha value is -3.30. The van der Waals surface area contributed by atoms with Crippen LogP contribution in [0.15, 0.2) is 45.8 Å². The summed E-state index contributed by atoms with van der Waals surface area (Å²) in [6, 6.07) is 6.04. The monoisotopic (exact) mass is 380 g/mol. The Morgan fingerprint density at radius 3 is 2.44 bits per heavy atom. The van der Waals surface area contributed by atoms with E-state index in [1.54, 1.807) is 6.07 Å². The van der Waals surface area contributed by atoms with E-state index in [0.29, 0.717) is 17.0 Å². The van der Waals surface area contributed by atoms with Crippen LogP contribution in [0.25, 0.3) is 11.4 Å². The lowest BCUT2D eigenvalue weighted by molar-refractivity contribution is -0.137. The predicted octanol–water partition coefficient (Wildman–Crippen LogP) is 3.97. The second-order valence-electron chi connectivity index (χ2n) is 5.84. The summed E-state index contributed by atoms with van der Waals surface area (Å²) in [5, 5.41) is 6.56. The van der Waals surface area contributed by atoms with Crippen molar-refractivity contribution in [2.45, 2.75) is 26.1 Å². The van der Waals surface area contributed by atoms with E-state index < -0.39 is 17.5 Å². The van der Waals surface area contributed by atoms with E-state index >= 15 is 0 Å². The normalized spacial score (nSPS) is 11.6. The number of anilines is 2. The Balaban J connectivity index is 2.01. The van der Waals surface area contributed by atoms with Gasteiger partial charge in [0.25, 0.3) is 0 Å². The van der Waals surface area contributed by atoms with Crippen molar-refractivity contribution in [3.8, 4) is 17.1 Å². The average Bonchev–Trinajstić information content (AvgIpc) is 3.00. The van der Waals surface area contributed by atoms with Crippen molar-refractivity contribution in [2.75, 3.05) is 5.32 Å². The van der Waals surface area contributed by atoms with Crippen LogP contribution >= 0.6 is 0 Å². The molecule has 3 aromatic rings. The quantitative estimate of drug-likeness (QED) is 0.696. The highest BCUT2D eigenvalue weighted by molar-refractivity contribution is 5.79. The number of ether oxygens (including phenoxy) is 1. The van der Waals surface area contributed by atoms with Crippen molar-refractivity contribution in [2.24, 2.45) is 0 Å². The molecule has 10 heteroatoms. The van der Waals surface area contributed by atoms with Crippen molar-refractivity contribution in [1.82, 2.24) is 15.1 Å². The first-order chi connectivity index (χ1) is 12.7. The number of nitrogens with zero attached hydrogens (tertiary/aromatic N) is 2. The molecule has 1 aromatic carbocycles. The van der Waals surface area contributed by atoms with Crippen LogP contribution in [0.1, 0.15) is 19.4 Å². The Bertz CT molecular complexity index is 978. The van der Waals surface area contributed by atoms with E-state index in [1.807, 2.05) is 13.8 Å². The molecule has 0 radical (unpaired) electrons. The summed E-state index contributed by atoms with van der Waals surface area (Å²) in [6.45, 7) is 3.64. The molecule has 2 aromatic heterocycles. The summed E-state index contributed by atoms with van der Waals surface area (Å²) in [5.41, 5.74) is -0.0832. The molecule has 27 heavy (non-hydrogen) atoms. The van der Waals surface area contributed by atoms with Gasteiger partial charge in [0.15, 0.2) is 5.82 Å². The van der Waals surface area contributed by atoms with Crippen LogP contribution in [0.5, 0.6) is 5.75 Å². The molecule has 0 spiro atoms. The van der Waals surface area contributed by atoms with Crippen LogP contribution in [-0.2, 0) is 6.18 Å². The number of alkyl halides is 3. The van der Waals surface area contributed by atoms with E-state index in [-0.39, 0.29) is 17.7 Å². The zero-order chi connectivity index (χ0) is 19.6. The van der Waals surface area contributed by atoms with Crippen molar-refractivity contribution in [3.05, 3.63) is 52.6 Å². The van der Waals surface area contributed by atoms with Gasteiger partial charge in [-0.15, -0.1) is 0 Å². The summed E-state index contributed by atoms with van der Waals surface area (Å²) in [7, 11) is 0. The third-order valence-electron chi connectivity index (χ3n) is 3.43. The van der Waals surface area contributed by atoms with Gasteiger partial charge in [-0.2, -0.15) is 13.2 Å². The van der Waals surface area contributed by atoms with Crippen LogP contribution in [0.3, 0.4) is 0 Å². The molecule has 7 nitrogen and oxygen atoms in total. The summed E-state index contributed by atoms with van der Waals surface area (Å²) in [4.78, 5) is 17.9. The van der Waals surface area contributed by atoms with Gasteiger partial charge in [-0.1, -0.05) is 5.16 Å². The zero-order valence-electron chi connectivity index (χ0n) is 14.3. The van der Waals surface area contributed by atoms with E-state index in [4.69, 9.17) is 4.74 Å². The second-order valence-corrected chi connectivity index (χ2v) is 5.84. The lowest BCUT2D eigenvalue weighted by Gasteiger charge is -2.16. The molecule has 0 atom stereocenters. The van der Waals surface area contributed by atoms with Crippen LogP contribution in [0.4, 0.5) is 24.7 Å². The number of aromatic nitrogens is 3. The lowest BCUT2D eigenvalue weighted by Crippen LogP contribution is -2.09. The van der Waals surface area contributed by atoms with Gasteiger partial charge >= 0.3 is 11.9 Å². The SMILES string of the molecule is CC(C)Oc1ccnc(Nc2ccc(C(F)(F)F)cc2)c1-c1noc(=O)[nH]1. The van der Waals surface area contributed by atoms with Gasteiger partial charge in [-0.25, -0.2) is 9.78 Å². The Morgan fingerprint density at radius 1 is 1.19 bits per heavy atom. The Morgan fingerprint density at radius 2 is 1.89 bits per heavy atom. The summed E-state index contributed by atoms with van der Waals surface area (Å²) >= 11 is 0. The van der Waals surface area contributed by atoms with Crippen molar-refractivity contribution < 1.29 is 22.4 Å². The first kappa shape index (κ1) is 18.5. The van der Waals surface area contributed by atoms with Crippen molar-refractivity contribution in [3.63, 3.8) is 0 Å². The molecule has 0 aliphatic heterocycles. The summed E-state index contributed by atoms with van der Waals surface area (Å²) in [6.07, 6.45) is -3.14. The summed E-state index contributed by atoms with van der Waals surface area (Å²) in [5.74, 6) is -0.0700. The van der Waals surface area contributed by atoms with Gasteiger partial charge in [-0.05, 0) is 44.2 Å². The highest BCUT2D eigenvalue weighted by atomic mass is 19.4. The molecule has 0 saturated carbocycles. The first-order valence-electron chi connectivity index (χ1n) is 7.90. The molecule has 2 N–H and O–H groups in total. The minimum atomic E-state index is -4.42. The van der Waals surface area contributed by atoms with Gasteiger partial charge in [-0.3, -0.25) is 9.51 Å². The van der Waals surface area contributed by atoms with Crippen molar-refractivity contribution >= 4 is 11.5 Å². The van der Waals surface area contributed by atoms with Crippen molar-refractivity contribution in [1.29, 1.82) is 0 Å². The maximum atomic E-state index is 12.7. The van der Waals surface area contributed by atoms with Gasteiger partial charge in [0.1, 0.15) is 17.1 Å². The molecule has 0 unspecified atom stereocenters. The topological polar surface area (TPSA) is 93.0 Å². The van der Waals surface area contributed by atoms with E-state index in [2.05, 4.69) is 25.0 Å². The van der Waals surface area contributed by atoms with Crippen LogP contribution < -0.4 is 15.8 Å². The standard InChI is InChI=1S/C17H15F3N4O3/c1-9(2)26-12-7-8-21-14(13(12)15-23-16(25)27-24-15)22-11-5-3-10(4-6-11)17(18,19)20/h3-9H,1-2H3,(H,21,22)(H,23,24,25). The smallest absolute Gasteiger partial charge is 0.439 e. The number of aromatic amines is 1. The first-order valence-corrected chi connectivity index (χ1v) is 7.90. The number of halogens is 3. The molecule has 0 fully saturated rings. The van der Waals surface area contributed by atoms with Crippen LogP contribution in [0, 0.1) is 0 Å². The van der Waals surface area contributed by atoms with E-state index in [1.165, 1.54) is 18.3 Å². The fourth-order valence-electron chi connectivity index (χ4n) is 2.34. The van der Waals surface area contributed by atoms with E-state index in [9.17, 15) is 18.0 Å². The number of pyridine rings is 1. The van der Waals surface area contributed by atoms with Gasteiger partial charge in [0.05, 0.1) is 11.7 Å². The lowest BCUT2D eigenvalue weighted by atomic mass is 10.1. The second kappa shape index (κ2) is 7.14. The average molecular weight is 380 g/mol. The van der Waals surface area contributed by atoms with Gasteiger partial charge in [0.2, 0.25) is 0 Å². The molecule has 0 aliphatic rings. The highest BCUT2D eigenvalue weighted by Crippen LogP contribution is 2.36. The number of hydrogen-bond donors (Lipinski definition) is 2. The molecule has 0 amide bonds. The molecule has 0 bridgehead atoms. The zero-order valence-corrected chi connectivity index (χ0v) is 14.3. The minimum Gasteiger partial charge on any atom is -0.490 e. The molecular formula is C17H15F3N4O3. The highest BCUT2D eigenvalue weighted by Gasteiger charge is 2.30. The Kier molecular flexibility index (Phi) is 4.89. The number of rotatable bonds is 5. The summed E-state index contributed by atoms with van der Waals surface area (Å²) < 4.78 is 48.4.